The number of benzene rings is 2. The first kappa shape index (κ1) is 10.7. The Bertz CT molecular complexity index is 481. The van der Waals surface area contributed by atoms with Crippen LogP contribution in [0, 0.1) is 6.92 Å². The van der Waals surface area contributed by atoms with E-state index >= 15 is 0 Å². The Balaban J connectivity index is 2.47. The Labute approximate surface area is 97.3 Å². The molecule has 0 aliphatic heterocycles. The highest BCUT2D eigenvalue weighted by Gasteiger charge is 2.01. The monoisotopic (exact) mass is 208 g/mol. The molecule has 0 heteroatoms. The fraction of sp³-hybridized carbons (Fsp3) is 0.125. The highest BCUT2D eigenvalue weighted by atomic mass is 14.1. The minimum absolute atomic E-state index is 0.931. The number of hydrogen-bond acceptors (Lipinski definition) is 0. The second-order valence-electron chi connectivity index (χ2n) is 4.01. The van der Waals surface area contributed by atoms with E-state index < -0.39 is 0 Å². The molecule has 0 bridgehead atoms. The zero-order valence-electron chi connectivity index (χ0n) is 9.61. The Morgan fingerprint density at radius 1 is 1.06 bits per heavy atom. The average molecular weight is 208 g/mol. The van der Waals surface area contributed by atoms with Gasteiger partial charge in [0.15, 0.2) is 0 Å². The maximum atomic E-state index is 3.78. The number of rotatable bonds is 3. The van der Waals surface area contributed by atoms with Crippen LogP contribution in [0.2, 0.25) is 0 Å². The van der Waals surface area contributed by atoms with Crippen LogP contribution in [0.25, 0.3) is 11.1 Å². The Kier molecular flexibility index (Phi) is 3.21. The van der Waals surface area contributed by atoms with Crippen molar-refractivity contribution >= 4 is 0 Å². The summed E-state index contributed by atoms with van der Waals surface area (Å²) in [4.78, 5) is 0. The molecule has 0 amide bonds. The third kappa shape index (κ3) is 2.22. The van der Waals surface area contributed by atoms with Crippen molar-refractivity contribution in [1.82, 2.24) is 0 Å². The van der Waals surface area contributed by atoms with Crippen LogP contribution in [0.4, 0.5) is 0 Å². The van der Waals surface area contributed by atoms with Crippen LogP contribution in [0.15, 0.2) is 61.2 Å². The standard InChI is InChI=1S/C16H16/c1-3-7-14-11-10-13(2)16(12-14)15-8-5-4-6-9-15/h3-6,8-12H,1,7H2,2H3. The molecular formula is C16H16. The van der Waals surface area contributed by atoms with Crippen molar-refractivity contribution in [2.45, 2.75) is 13.3 Å². The highest BCUT2D eigenvalue weighted by Crippen LogP contribution is 2.24. The molecule has 0 aliphatic carbocycles. The summed E-state index contributed by atoms with van der Waals surface area (Å²) in [5.41, 5.74) is 5.24. The molecule has 16 heavy (non-hydrogen) atoms. The quantitative estimate of drug-likeness (QED) is 0.656. The molecule has 80 valence electrons. The lowest BCUT2D eigenvalue weighted by Crippen LogP contribution is -1.87. The summed E-state index contributed by atoms with van der Waals surface area (Å²) in [6.45, 7) is 5.93. The molecule has 0 radical (unpaired) electrons. The zero-order valence-corrected chi connectivity index (χ0v) is 9.61. The van der Waals surface area contributed by atoms with E-state index in [0.29, 0.717) is 0 Å². The minimum atomic E-state index is 0.931. The van der Waals surface area contributed by atoms with Gasteiger partial charge < -0.3 is 0 Å². The number of allylic oxidation sites excluding steroid dienone is 1. The van der Waals surface area contributed by atoms with Gasteiger partial charge in [0, 0.05) is 0 Å². The van der Waals surface area contributed by atoms with Crippen molar-refractivity contribution in [2.24, 2.45) is 0 Å². The summed E-state index contributed by atoms with van der Waals surface area (Å²) in [7, 11) is 0. The van der Waals surface area contributed by atoms with Gasteiger partial charge in [-0.15, -0.1) is 6.58 Å². The molecule has 2 aromatic carbocycles. The Morgan fingerprint density at radius 3 is 2.50 bits per heavy atom. The third-order valence-electron chi connectivity index (χ3n) is 2.77. The normalized spacial score (nSPS) is 10.1. The topological polar surface area (TPSA) is 0 Å². The molecule has 2 rings (SSSR count). The first-order valence-corrected chi connectivity index (χ1v) is 5.57. The van der Waals surface area contributed by atoms with Gasteiger partial charge in [0.1, 0.15) is 0 Å². The van der Waals surface area contributed by atoms with Gasteiger partial charge in [0.05, 0.1) is 0 Å². The van der Waals surface area contributed by atoms with Crippen LogP contribution in [-0.2, 0) is 6.42 Å². The van der Waals surface area contributed by atoms with E-state index in [9.17, 15) is 0 Å². The third-order valence-corrected chi connectivity index (χ3v) is 2.77. The lowest BCUT2D eigenvalue weighted by atomic mass is 9.97. The first-order valence-electron chi connectivity index (χ1n) is 5.57. The molecule has 0 N–H and O–H groups in total. The lowest BCUT2D eigenvalue weighted by molar-refractivity contribution is 1.26. The van der Waals surface area contributed by atoms with E-state index in [2.05, 4.69) is 56.0 Å². The van der Waals surface area contributed by atoms with Crippen LogP contribution in [0.5, 0.6) is 0 Å². The molecule has 0 heterocycles. The van der Waals surface area contributed by atoms with E-state index in [1.807, 2.05) is 12.1 Å². The first-order chi connectivity index (χ1) is 7.81. The smallest absolute Gasteiger partial charge is 0.00999 e. The van der Waals surface area contributed by atoms with Crippen molar-refractivity contribution in [1.29, 1.82) is 0 Å². The average Bonchev–Trinajstić information content (AvgIpc) is 2.33. The lowest BCUT2D eigenvalue weighted by Gasteiger charge is -2.08. The van der Waals surface area contributed by atoms with Gasteiger partial charge in [-0.2, -0.15) is 0 Å². The van der Waals surface area contributed by atoms with Crippen molar-refractivity contribution in [3.8, 4) is 11.1 Å². The summed E-state index contributed by atoms with van der Waals surface area (Å²) in [5, 5.41) is 0. The van der Waals surface area contributed by atoms with E-state index in [1.54, 1.807) is 0 Å². The predicted octanol–water partition coefficient (Wildman–Crippen LogP) is 4.39. The van der Waals surface area contributed by atoms with Gasteiger partial charge >= 0.3 is 0 Å². The molecule has 0 nitrogen and oxygen atoms in total. The molecular weight excluding hydrogens is 192 g/mol. The van der Waals surface area contributed by atoms with Crippen LogP contribution in [-0.4, -0.2) is 0 Å². The van der Waals surface area contributed by atoms with Crippen LogP contribution in [0.3, 0.4) is 0 Å². The molecule has 0 fully saturated rings. The molecule has 2 aromatic rings. The molecule has 0 aromatic heterocycles. The minimum Gasteiger partial charge on any atom is -0.103 e. The van der Waals surface area contributed by atoms with Crippen LogP contribution in [0.1, 0.15) is 11.1 Å². The van der Waals surface area contributed by atoms with Crippen LogP contribution >= 0.6 is 0 Å². The van der Waals surface area contributed by atoms with Gasteiger partial charge in [-0.1, -0.05) is 54.6 Å². The van der Waals surface area contributed by atoms with E-state index in [1.165, 1.54) is 22.3 Å². The number of hydrogen-bond donors (Lipinski definition) is 0. The second-order valence-corrected chi connectivity index (χ2v) is 4.01. The van der Waals surface area contributed by atoms with Gasteiger partial charge in [-0.3, -0.25) is 0 Å². The maximum absolute atomic E-state index is 3.78. The fourth-order valence-corrected chi connectivity index (χ4v) is 1.89. The Morgan fingerprint density at radius 2 is 1.81 bits per heavy atom. The molecule has 0 saturated heterocycles. The summed E-state index contributed by atoms with van der Waals surface area (Å²) in [5.74, 6) is 0. The molecule has 0 aliphatic rings. The molecule has 0 unspecified atom stereocenters. The molecule has 0 spiro atoms. The Hall–Kier alpha value is -1.82. The van der Waals surface area contributed by atoms with Crippen molar-refractivity contribution in [3.05, 3.63) is 72.3 Å². The summed E-state index contributed by atoms with van der Waals surface area (Å²) >= 11 is 0. The molecule has 0 atom stereocenters. The van der Waals surface area contributed by atoms with Crippen molar-refractivity contribution in [2.75, 3.05) is 0 Å². The van der Waals surface area contributed by atoms with E-state index in [0.717, 1.165) is 6.42 Å². The summed E-state index contributed by atoms with van der Waals surface area (Å²) in [6, 6.07) is 17.1. The van der Waals surface area contributed by atoms with Gasteiger partial charge in [0.2, 0.25) is 0 Å². The van der Waals surface area contributed by atoms with E-state index in [4.69, 9.17) is 0 Å². The predicted molar refractivity (Wildman–Crippen MR) is 70.5 cm³/mol. The summed E-state index contributed by atoms with van der Waals surface area (Å²) < 4.78 is 0. The van der Waals surface area contributed by atoms with Gasteiger partial charge in [-0.25, -0.2) is 0 Å². The van der Waals surface area contributed by atoms with Gasteiger partial charge in [0.25, 0.3) is 0 Å². The van der Waals surface area contributed by atoms with Crippen LogP contribution < -0.4 is 0 Å². The highest BCUT2D eigenvalue weighted by molar-refractivity contribution is 5.67. The maximum Gasteiger partial charge on any atom is -0.00999 e. The molecule has 0 saturated carbocycles. The van der Waals surface area contributed by atoms with Crippen molar-refractivity contribution < 1.29 is 0 Å². The second kappa shape index (κ2) is 4.80. The SMILES string of the molecule is C=CCc1ccc(C)c(-c2ccccc2)c1. The zero-order chi connectivity index (χ0) is 11.4. The van der Waals surface area contributed by atoms with Gasteiger partial charge in [-0.05, 0) is 35.6 Å². The largest absolute Gasteiger partial charge is 0.103 e. The summed E-state index contributed by atoms with van der Waals surface area (Å²) in [6.07, 6.45) is 2.87. The van der Waals surface area contributed by atoms with Crippen molar-refractivity contribution in [3.63, 3.8) is 0 Å². The number of aryl methyl sites for hydroxylation is 1. The van der Waals surface area contributed by atoms with E-state index in [-0.39, 0.29) is 0 Å². The fourth-order valence-electron chi connectivity index (χ4n) is 1.89.